The fourth-order valence-corrected chi connectivity index (χ4v) is 1.85. The average molecular weight is 281 g/mol. The van der Waals surface area contributed by atoms with E-state index in [1.54, 1.807) is 12.1 Å². The molecular weight excluding hydrogens is 271 g/mol. The fraction of sp³-hybridized carbons (Fsp3) is 0.0769. The van der Waals surface area contributed by atoms with E-state index in [0.29, 0.717) is 12.2 Å². The molecule has 0 radical (unpaired) electrons. The SMILES string of the molecule is O=[N+]([O-])c1ccc(NCc2cccc(F)c2)c(Cl)c1. The zero-order valence-corrected chi connectivity index (χ0v) is 10.5. The van der Waals surface area contributed by atoms with Gasteiger partial charge >= 0.3 is 0 Å². The van der Waals surface area contributed by atoms with Gasteiger partial charge in [-0.05, 0) is 23.8 Å². The van der Waals surface area contributed by atoms with Crippen molar-refractivity contribution in [2.45, 2.75) is 6.54 Å². The second kappa shape index (κ2) is 5.67. The highest BCUT2D eigenvalue weighted by atomic mass is 35.5. The number of nitro benzene ring substituents is 1. The van der Waals surface area contributed by atoms with E-state index in [0.717, 1.165) is 5.56 Å². The standard InChI is InChI=1S/C13H10ClFN2O2/c14-12-7-11(17(18)19)4-5-13(12)16-8-9-2-1-3-10(15)6-9/h1-7,16H,8H2. The Morgan fingerprint density at radius 2 is 2.05 bits per heavy atom. The van der Waals surface area contributed by atoms with Gasteiger partial charge in [0, 0.05) is 18.7 Å². The lowest BCUT2D eigenvalue weighted by atomic mass is 10.2. The number of rotatable bonds is 4. The Morgan fingerprint density at radius 1 is 1.26 bits per heavy atom. The molecule has 0 unspecified atom stereocenters. The van der Waals surface area contributed by atoms with Crippen LogP contribution in [0.4, 0.5) is 15.8 Å². The van der Waals surface area contributed by atoms with Gasteiger partial charge in [0.1, 0.15) is 5.82 Å². The molecule has 0 heterocycles. The predicted molar refractivity (Wildman–Crippen MR) is 71.8 cm³/mol. The first-order chi connectivity index (χ1) is 9.06. The molecule has 0 bridgehead atoms. The molecule has 0 aromatic heterocycles. The average Bonchev–Trinajstić information content (AvgIpc) is 2.37. The molecule has 1 N–H and O–H groups in total. The van der Waals surface area contributed by atoms with Gasteiger partial charge in [-0.25, -0.2) is 4.39 Å². The maximum atomic E-state index is 13.0. The first-order valence-electron chi connectivity index (χ1n) is 5.48. The smallest absolute Gasteiger partial charge is 0.271 e. The minimum absolute atomic E-state index is 0.0682. The number of hydrogen-bond acceptors (Lipinski definition) is 3. The Bertz CT molecular complexity index is 619. The molecule has 0 aliphatic rings. The van der Waals surface area contributed by atoms with E-state index in [4.69, 9.17) is 11.6 Å². The number of non-ortho nitro benzene ring substituents is 1. The van der Waals surface area contributed by atoms with E-state index in [1.165, 1.54) is 30.3 Å². The Labute approximate surface area is 114 Å². The van der Waals surface area contributed by atoms with Crippen molar-refractivity contribution in [3.05, 3.63) is 69.0 Å². The zero-order valence-electron chi connectivity index (χ0n) is 9.77. The Hall–Kier alpha value is -2.14. The van der Waals surface area contributed by atoms with Gasteiger partial charge in [-0.3, -0.25) is 10.1 Å². The molecule has 4 nitrogen and oxygen atoms in total. The van der Waals surface area contributed by atoms with E-state index in [1.807, 2.05) is 0 Å². The molecule has 0 saturated heterocycles. The molecule has 0 saturated carbocycles. The summed E-state index contributed by atoms with van der Waals surface area (Å²) >= 11 is 5.93. The summed E-state index contributed by atoms with van der Waals surface area (Å²) in [5, 5.41) is 13.8. The van der Waals surface area contributed by atoms with Gasteiger partial charge in [-0.15, -0.1) is 0 Å². The number of nitrogens with zero attached hydrogens (tertiary/aromatic N) is 1. The maximum Gasteiger partial charge on any atom is 0.271 e. The Morgan fingerprint density at radius 3 is 2.68 bits per heavy atom. The molecule has 2 rings (SSSR count). The van der Waals surface area contributed by atoms with Crippen molar-refractivity contribution in [2.75, 3.05) is 5.32 Å². The molecule has 0 fully saturated rings. The van der Waals surface area contributed by atoms with Crippen LogP contribution >= 0.6 is 11.6 Å². The first kappa shape index (κ1) is 13.3. The number of hydrogen-bond donors (Lipinski definition) is 1. The third-order valence-corrected chi connectivity index (χ3v) is 2.85. The number of halogens is 2. The van der Waals surface area contributed by atoms with E-state index in [9.17, 15) is 14.5 Å². The van der Waals surface area contributed by atoms with Crippen molar-refractivity contribution in [3.63, 3.8) is 0 Å². The third kappa shape index (κ3) is 3.42. The topological polar surface area (TPSA) is 55.2 Å². The summed E-state index contributed by atoms with van der Waals surface area (Å²) in [5.41, 5.74) is 1.26. The number of nitrogens with one attached hydrogen (secondary N) is 1. The number of benzene rings is 2. The van der Waals surface area contributed by atoms with Crippen LogP contribution in [0.5, 0.6) is 0 Å². The monoisotopic (exact) mass is 280 g/mol. The van der Waals surface area contributed by atoms with E-state index in [-0.39, 0.29) is 16.5 Å². The predicted octanol–water partition coefficient (Wildman–Crippen LogP) is 4.00. The number of nitro groups is 1. The van der Waals surface area contributed by atoms with Crippen molar-refractivity contribution in [1.29, 1.82) is 0 Å². The second-order valence-corrected chi connectivity index (χ2v) is 4.31. The highest BCUT2D eigenvalue weighted by molar-refractivity contribution is 6.33. The van der Waals surface area contributed by atoms with Gasteiger partial charge in [0.05, 0.1) is 15.6 Å². The van der Waals surface area contributed by atoms with Crippen LogP contribution in [0.2, 0.25) is 5.02 Å². The van der Waals surface area contributed by atoms with Crippen molar-refractivity contribution in [3.8, 4) is 0 Å². The van der Waals surface area contributed by atoms with E-state index in [2.05, 4.69) is 5.32 Å². The molecule has 0 atom stereocenters. The van der Waals surface area contributed by atoms with Crippen LogP contribution in [0.25, 0.3) is 0 Å². The largest absolute Gasteiger partial charge is 0.380 e. The van der Waals surface area contributed by atoms with E-state index < -0.39 is 4.92 Å². The molecule has 0 spiro atoms. The molecule has 6 heteroatoms. The van der Waals surface area contributed by atoms with Crippen LogP contribution in [-0.2, 0) is 6.54 Å². The molecule has 19 heavy (non-hydrogen) atoms. The molecule has 98 valence electrons. The van der Waals surface area contributed by atoms with Crippen LogP contribution < -0.4 is 5.32 Å². The molecule has 0 aliphatic carbocycles. The van der Waals surface area contributed by atoms with E-state index >= 15 is 0 Å². The van der Waals surface area contributed by atoms with Gasteiger partial charge in [-0.2, -0.15) is 0 Å². The summed E-state index contributed by atoms with van der Waals surface area (Å²) in [4.78, 5) is 10.1. The van der Waals surface area contributed by atoms with Crippen LogP contribution in [-0.4, -0.2) is 4.92 Å². The quantitative estimate of drug-likeness (QED) is 0.680. The van der Waals surface area contributed by atoms with Gasteiger partial charge in [-0.1, -0.05) is 23.7 Å². The lowest BCUT2D eigenvalue weighted by Crippen LogP contribution is -2.00. The van der Waals surface area contributed by atoms with Gasteiger partial charge < -0.3 is 5.32 Å². The van der Waals surface area contributed by atoms with Crippen molar-refractivity contribution >= 4 is 23.0 Å². The lowest BCUT2D eigenvalue weighted by Gasteiger charge is -2.08. The zero-order chi connectivity index (χ0) is 13.8. The fourth-order valence-electron chi connectivity index (χ4n) is 1.61. The third-order valence-electron chi connectivity index (χ3n) is 2.54. The minimum Gasteiger partial charge on any atom is -0.380 e. The molecule has 2 aromatic carbocycles. The Kier molecular flexibility index (Phi) is 3.97. The summed E-state index contributed by atoms with van der Waals surface area (Å²) in [6, 6.07) is 10.3. The highest BCUT2D eigenvalue weighted by Crippen LogP contribution is 2.27. The minimum atomic E-state index is -0.512. The lowest BCUT2D eigenvalue weighted by molar-refractivity contribution is -0.384. The van der Waals surface area contributed by atoms with Crippen molar-refractivity contribution in [1.82, 2.24) is 0 Å². The Balaban J connectivity index is 2.10. The maximum absolute atomic E-state index is 13.0. The summed E-state index contributed by atoms with van der Waals surface area (Å²) in [6.07, 6.45) is 0. The molecule has 0 amide bonds. The summed E-state index contributed by atoms with van der Waals surface area (Å²) < 4.78 is 13.0. The normalized spacial score (nSPS) is 10.2. The van der Waals surface area contributed by atoms with Crippen LogP contribution in [0.3, 0.4) is 0 Å². The number of anilines is 1. The van der Waals surface area contributed by atoms with Crippen LogP contribution in [0.15, 0.2) is 42.5 Å². The first-order valence-corrected chi connectivity index (χ1v) is 5.86. The summed E-state index contributed by atoms with van der Waals surface area (Å²) in [7, 11) is 0. The van der Waals surface area contributed by atoms with Gasteiger partial charge in [0.25, 0.3) is 5.69 Å². The summed E-state index contributed by atoms with van der Waals surface area (Å²) in [5.74, 6) is -0.311. The van der Waals surface area contributed by atoms with Gasteiger partial charge in [0.15, 0.2) is 0 Å². The van der Waals surface area contributed by atoms with Crippen molar-refractivity contribution < 1.29 is 9.31 Å². The van der Waals surface area contributed by atoms with Crippen LogP contribution in [0, 0.1) is 15.9 Å². The summed E-state index contributed by atoms with van der Waals surface area (Å²) in [6.45, 7) is 0.384. The van der Waals surface area contributed by atoms with Crippen LogP contribution in [0.1, 0.15) is 5.56 Å². The van der Waals surface area contributed by atoms with Crippen molar-refractivity contribution in [2.24, 2.45) is 0 Å². The van der Waals surface area contributed by atoms with Gasteiger partial charge in [0.2, 0.25) is 0 Å². The molecular formula is C13H10ClFN2O2. The molecule has 2 aromatic rings. The second-order valence-electron chi connectivity index (χ2n) is 3.90. The molecule has 0 aliphatic heterocycles. The highest BCUT2D eigenvalue weighted by Gasteiger charge is 2.09.